The Labute approximate surface area is 105 Å². The minimum absolute atomic E-state index is 0.204. The molecular weight excluding hydrogens is 242 g/mol. The largest absolute Gasteiger partial charge is 0.394 e. The summed E-state index contributed by atoms with van der Waals surface area (Å²) in [6.45, 7) is -0.204. The molecule has 0 aliphatic heterocycles. The van der Waals surface area contributed by atoms with E-state index in [0.717, 1.165) is 16.9 Å². The Hall–Kier alpha value is -0.620. The lowest BCUT2D eigenvalue weighted by Crippen LogP contribution is -2.15. The first kappa shape index (κ1) is 13.4. The van der Waals surface area contributed by atoms with Gasteiger partial charge in [-0.25, -0.2) is 0 Å². The molecule has 0 amide bonds. The second kappa shape index (κ2) is 6.85. The molecule has 0 radical (unpaired) electrons. The fourth-order valence-corrected chi connectivity index (χ4v) is 2.41. The minimum atomic E-state index is -0.665. The summed E-state index contributed by atoms with van der Waals surface area (Å²) in [6, 6.07) is 7.68. The van der Waals surface area contributed by atoms with Gasteiger partial charge in [0.15, 0.2) is 0 Å². The number of hydrogen-bond donors (Lipinski definition) is 3. The summed E-state index contributed by atoms with van der Waals surface area (Å²) in [5.41, 5.74) is 7.54. The summed E-state index contributed by atoms with van der Waals surface area (Å²) in [4.78, 5) is 0.388. The first-order valence-corrected chi connectivity index (χ1v) is 6.45. The highest BCUT2D eigenvalue weighted by atomic mass is 32.2. The highest BCUT2D eigenvalue weighted by Gasteiger charge is 2.06. The van der Waals surface area contributed by atoms with Crippen LogP contribution >= 0.6 is 24.0 Å². The molecule has 3 nitrogen and oxygen atoms in total. The van der Waals surface area contributed by atoms with Gasteiger partial charge in [-0.15, -0.1) is 0 Å². The minimum Gasteiger partial charge on any atom is -0.394 e. The van der Waals surface area contributed by atoms with Gasteiger partial charge in [0, 0.05) is 17.1 Å². The smallest absolute Gasteiger partial charge is 0.104 e. The number of benzene rings is 1. The third kappa shape index (κ3) is 4.09. The molecule has 1 unspecified atom stereocenters. The summed E-state index contributed by atoms with van der Waals surface area (Å²) < 4.78 is 0. The number of thioether (sulfide) groups is 1. The van der Waals surface area contributed by atoms with Crippen LogP contribution in [0.3, 0.4) is 0 Å². The van der Waals surface area contributed by atoms with Crippen LogP contribution in [0.15, 0.2) is 24.3 Å². The molecule has 0 aromatic heterocycles. The summed E-state index contributed by atoms with van der Waals surface area (Å²) in [7, 11) is 0. The van der Waals surface area contributed by atoms with Gasteiger partial charge in [0.2, 0.25) is 0 Å². The highest BCUT2D eigenvalue weighted by Crippen LogP contribution is 2.17. The summed E-state index contributed by atoms with van der Waals surface area (Å²) in [5, 5.41) is 17.9. The molecule has 1 rings (SSSR count). The van der Waals surface area contributed by atoms with Crippen molar-refractivity contribution in [3.05, 3.63) is 35.4 Å². The van der Waals surface area contributed by atoms with Crippen LogP contribution in [0.1, 0.15) is 11.1 Å². The van der Waals surface area contributed by atoms with Crippen LogP contribution in [0.5, 0.6) is 0 Å². The van der Waals surface area contributed by atoms with Gasteiger partial charge in [0.05, 0.1) is 12.7 Å². The van der Waals surface area contributed by atoms with Crippen molar-refractivity contribution in [2.45, 2.75) is 11.9 Å². The SMILES string of the molecule is NC(=S)c1ccccc1CSCC(O)CO. The predicted octanol–water partition coefficient (Wildman–Crippen LogP) is 0.907. The Morgan fingerprint density at radius 3 is 2.75 bits per heavy atom. The van der Waals surface area contributed by atoms with Gasteiger partial charge < -0.3 is 15.9 Å². The van der Waals surface area contributed by atoms with Crippen molar-refractivity contribution in [3.8, 4) is 0 Å². The van der Waals surface area contributed by atoms with E-state index in [2.05, 4.69) is 0 Å². The maximum atomic E-state index is 9.19. The fourth-order valence-electron chi connectivity index (χ4n) is 1.24. The van der Waals surface area contributed by atoms with Crippen LogP contribution < -0.4 is 5.73 Å². The lowest BCUT2D eigenvalue weighted by molar-refractivity contribution is 0.113. The van der Waals surface area contributed by atoms with E-state index in [-0.39, 0.29) is 6.61 Å². The number of aliphatic hydroxyl groups is 2. The zero-order valence-electron chi connectivity index (χ0n) is 8.80. The van der Waals surface area contributed by atoms with Crippen molar-refractivity contribution in [1.29, 1.82) is 0 Å². The molecule has 5 heteroatoms. The monoisotopic (exact) mass is 257 g/mol. The van der Waals surface area contributed by atoms with Gasteiger partial charge in [0.25, 0.3) is 0 Å². The van der Waals surface area contributed by atoms with E-state index in [9.17, 15) is 5.11 Å². The second-order valence-electron chi connectivity index (χ2n) is 3.37. The van der Waals surface area contributed by atoms with Gasteiger partial charge in [-0.3, -0.25) is 0 Å². The fraction of sp³-hybridized carbons (Fsp3) is 0.364. The van der Waals surface area contributed by atoms with Crippen LogP contribution in [0, 0.1) is 0 Å². The van der Waals surface area contributed by atoms with Gasteiger partial charge in [-0.1, -0.05) is 36.5 Å². The Bertz CT molecular complexity index is 358. The van der Waals surface area contributed by atoms with Crippen molar-refractivity contribution >= 4 is 29.0 Å². The van der Waals surface area contributed by atoms with Crippen LogP contribution in [-0.2, 0) is 5.75 Å². The van der Waals surface area contributed by atoms with Crippen molar-refractivity contribution in [2.75, 3.05) is 12.4 Å². The zero-order chi connectivity index (χ0) is 12.0. The van der Waals surface area contributed by atoms with E-state index in [1.54, 1.807) is 11.8 Å². The highest BCUT2D eigenvalue weighted by molar-refractivity contribution is 7.98. The molecule has 0 aliphatic carbocycles. The number of nitrogens with two attached hydrogens (primary N) is 1. The van der Waals surface area contributed by atoms with Crippen molar-refractivity contribution in [1.82, 2.24) is 0 Å². The number of rotatable bonds is 6. The molecule has 0 spiro atoms. The molecule has 0 fully saturated rings. The Kier molecular flexibility index (Phi) is 5.76. The topological polar surface area (TPSA) is 66.5 Å². The molecular formula is C11H15NO2S2. The number of thiocarbonyl (C=S) groups is 1. The third-order valence-corrected chi connectivity index (χ3v) is 3.42. The molecule has 0 saturated heterocycles. The van der Waals surface area contributed by atoms with Gasteiger partial charge in [-0.2, -0.15) is 11.8 Å². The molecule has 16 heavy (non-hydrogen) atoms. The maximum absolute atomic E-state index is 9.19. The summed E-state index contributed by atoms with van der Waals surface area (Å²) in [5.74, 6) is 1.23. The molecule has 0 bridgehead atoms. The summed E-state index contributed by atoms with van der Waals surface area (Å²) >= 11 is 6.50. The molecule has 4 N–H and O–H groups in total. The van der Waals surface area contributed by atoms with Crippen LogP contribution in [0.4, 0.5) is 0 Å². The quantitative estimate of drug-likeness (QED) is 0.661. The van der Waals surface area contributed by atoms with E-state index in [1.165, 1.54) is 0 Å². The van der Waals surface area contributed by atoms with E-state index in [4.69, 9.17) is 23.1 Å². The number of hydrogen-bond acceptors (Lipinski definition) is 4. The molecule has 0 aliphatic rings. The summed E-state index contributed by atoms with van der Waals surface area (Å²) in [6.07, 6.45) is -0.665. The maximum Gasteiger partial charge on any atom is 0.104 e. The normalized spacial score (nSPS) is 12.4. The average Bonchev–Trinajstić information content (AvgIpc) is 2.29. The molecule has 0 saturated carbocycles. The first-order valence-electron chi connectivity index (χ1n) is 4.89. The van der Waals surface area contributed by atoms with E-state index < -0.39 is 6.10 Å². The lowest BCUT2D eigenvalue weighted by Gasteiger charge is -2.09. The Morgan fingerprint density at radius 1 is 1.44 bits per heavy atom. The van der Waals surface area contributed by atoms with Crippen LogP contribution in [0.25, 0.3) is 0 Å². The molecule has 88 valence electrons. The molecule has 1 atom stereocenters. The van der Waals surface area contributed by atoms with Crippen LogP contribution in [-0.4, -0.2) is 33.7 Å². The molecule has 1 aromatic rings. The molecule has 1 aromatic carbocycles. The Balaban J connectivity index is 2.56. The van der Waals surface area contributed by atoms with Gasteiger partial charge >= 0.3 is 0 Å². The lowest BCUT2D eigenvalue weighted by atomic mass is 10.1. The van der Waals surface area contributed by atoms with Crippen molar-refractivity contribution in [3.63, 3.8) is 0 Å². The van der Waals surface area contributed by atoms with Crippen molar-refractivity contribution < 1.29 is 10.2 Å². The predicted molar refractivity (Wildman–Crippen MR) is 71.6 cm³/mol. The van der Waals surface area contributed by atoms with E-state index in [1.807, 2.05) is 24.3 Å². The average molecular weight is 257 g/mol. The standard InChI is InChI=1S/C11H15NO2S2/c12-11(15)10-4-2-1-3-8(10)6-16-7-9(14)5-13/h1-4,9,13-14H,5-7H2,(H2,12,15). The molecule has 0 heterocycles. The first-order chi connectivity index (χ1) is 7.65. The second-order valence-corrected chi connectivity index (χ2v) is 4.84. The van der Waals surface area contributed by atoms with Crippen molar-refractivity contribution in [2.24, 2.45) is 5.73 Å². The van der Waals surface area contributed by atoms with Gasteiger partial charge in [0.1, 0.15) is 4.99 Å². The van der Waals surface area contributed by atoms with Gasteiger partial charge in [-0.05, 0) is 5.56 Å². The van der Waals surface area contributed by atoms with Crippen LogP contribution in [0.2, 0.25) is 0 Å². The van der Waals surface area contributed by atoms with E-state index >= 15 is 0 Å². The van der Waals surface area contributed by atoms with E-state index in [0.29, 0.717) is 10.7 Å². The Morgan fingerprint density at radius 2 is 2.12 bits per heavy atom. The zero-order valence-corrected chi connectivity index (χ0v) is 10.4. The third-order valence-electron chi connectivity index (χ3n) is 2.06. The number of aliphatic hydroxyl groups excluding tert-OH is 2.